The smallest absolute Gasteiger partial charge is 0.335 e. The molecule has 2 fully saturated rings. The summed E-state index contributed by atoms with van der Waals surface area (Å²) in [7, 11) is 0. The lowest BCUT2D eigenvalue weighted by molar-refractivity contribution is 0.0697. The third kappa shape index (κ3) is 10.7. The van der Waals surface area contributed by atoms with E-state index >= 15 is 0 Å². The first kappa shape index (κ1) is 40.4. The Balaban J connectivity index is 0.00000332. The van der Waals surface area contributed by atoms with E-state index in [4.69, 9.17) is 9.72 Å². The van der Waals surface area contributed by atoms with Crippen molar-refractivity contribution >= 4 is 22.6 Å². The van der Waals surface area contributed by atoms with Gasteiger partial charge in [0, 0.05) is 55.3 Å². The first-order valence-electron chi connectivity index (χ1n) is 18.8. The lowest BCUT2D eigenvalue weighted by Gasteiger charge is -2.29. The number of aromatic carboxylic acids is 1. The highest BCUT2D eigenvalue weighted by Gasteiger charge is 2.22. The highest BCUT2D eigenvalue weighted by molar-refractivity contribution is 5.93. The van der Waals surface area contributed by atoms with Gasteiger partial charge in [-0.05, 0) is 101 Å². The SMILES string of the molecule is C=C(/C=C(COC(/C=C/F)=C/C=C(\C)c1nc2cc(C(=O)O)ccc2n1C(CC)CCC)\C(=C/C)N1CCCC(C)CC1)N1CCCC1.CC. The Bertz CT molecular complexity index is 1570. The number of hydrogen-bond acceptors (Lipinski definition) is 5. The average Bonchev–Trinajstić information content (AvgIpc) is 3.75. The Morgan fingerprint density at radius 1 is 1.10 bits per heavy atom. The molecular formula is C42H61FN4O3. The maximum absolute atomic E-state index is 13.7. The minimum atomic E-state index is -0.979. The Kier molecular flexibility index (Phi) is 16.6. The number of carbonyl (C=O) groups is 1. The van der Waals surface area contributed by atoms with Gasteiger partial charge >= 0.3 is 5.97 Å². The van der Waals surface area contributed by atoms with E-state index in [0.717, 1.165) is 92.2 Å². The topological polar surface area (TPSA) is 70.8 Å². The van der Waals surface area contributed by atoms with Crippen molar-refractivity contribution in [2.45, 2.75) is 106 Å². The van der Waals surface area contributed by atoms with Crippen LogP contribution in [0.3, 0.4) is 0 Å². The molecule has 1 aromatic heterocycles. The molecule has 4 rings (SSSR count). The summed E-state index contributed by atoms with van der Waals surface area (Å²) in [5.74, 6) is 0.887. The molecule has 8 heteroatoms. The first-order valence-corrected chi connectivity index (χ1v) is 18.8. The predicted molar refractivity (Wildman–Crippen MR) is 207 cm³/mol. The predicted octanol–water partition coefficient (Wildman–Crippen LogP) is 10.9. The first-order chi connectivity index (χ1) is 24.2. The Morgan fingerprint density at radius 3 is 2.46 bits per heavy atom. The van der Waals surface area contributed by atoms with Crippen molar-refractivity contribution < 1.29 is 19.0 Å². The molecule has 0 bridgehead atoms. The highest BCUT2D eigenvalue weighted by Crippen LogP contribution is 2.31. The van der Waals surface area contributed by atoms with E-state index in [-0.39, 0.29) is 18.2 Å². The second-order valence-electron chi connectivity index (χ2n) is 13.2. The van der Waals surface area contributed by atoms with Crippen LogP contribution in [0.2, 0.25) is 0 Å². The molecule has 1 aromatic carbocycles. The zero-order valence-electron chi connectivity index (χ0n) is 31.7. The molecular weight excluding hydrogens is 627 g/mol. The summed E-state index contributed by atoms with van der Waals surface area (Å²) in [6.07, 6.45) is 18.6. The summed E-state index contributed by atoms with van der Waals surface area (Å²) in [4.78, 5) is 21.4. The van der Waals surface area contributed by atoms with E-state index in [1.807, 2.05) is 32.9 Å². The van der Waals surface area contributed by atoms with E-state index in [9.17, 15) is 14.3 Å². The lowest BCUT2D eigenvalue weighted by atomic mass is 10.0. The van der Waals surface area contributed by atoms with E-state index < -0.39 is 5.97 Å². The molecule has 0 amide bonds. The number of imidazole rings is 1. The van der Waals surface area contributed by atoms with Crippen molar-refractivity contribution in [3.8, 4) is 0 Å². The zero-order chi connectivity index (χ0) is 36.6. The second-order valence-corrected chi connectivity index (χ2v) is 13.2. The summed E-state index contributed by atoms with van der Waals surface area (Å²) >= 11 is 0. The number of nitrogens with zero attached hydrogens (tertiary/aromatic N) is 4. The number of aromatic nitrogens is 2. The molecule has 0 radical (unpaired) electrons. The maximum Gasteiger partial charge on any atom is 0.335 e. The van der Waals surface area contributed by atoms with Crippen LogP contribution < -0.4 is 0 Å². The normalized spacial score (nSPS) is 18.7. The number of carboxylic acid groups (broad SMARTS) is 1. The van der Waals surface area contributed by atoms with Gasteiger partial charge in [-0.3, -0.25) is 0 Å². The van der Waals surface area contributed by atoms with Crippen LogP contribution >= 0.6 is 0 Å². The molecule has 2 aliphatic heterocycles. The monoisotopic (exact) mass is 688 g/mol. The minimum Gasteiger partial charge on any atom is -0.489 e. The summed E-state index contributed by atoms with van der Waals surface area (Å²) < 4.78 is 22.3. The van der Waals surface area contributed by atoms with Crippen LogP contribution in [0.15, 0.2) is 84.2 Å². The van der Waals surface area contributed by atoms with Crippen LogP contribution in [-0.4, -0.2) is 63.2 Å². The standard InChI is InChI=1S/C40H55FN4O3.C2H6/c1-7-13-34(8-2)45-38-18-16-32(40(46)47)27-36(38)42-39(45)30(5)15-17-35(19-21-41)48-28-33(26-31(6)43-22-10-11-23-43)37(9-3)44-24-12-14-29(4)20-25-44;1-2/h9,15-19,21,26-27,29,34H,6-8,10-14,20,22-25,28H2,1-5H3,(H,46,47);1-2H3/b21-19+,30-15+,33-26-,35-17+,37-9+;. The number of benzene rings is 1. The van der Waals surface area contributed by atoms with Crippen LogP contribution in [-0.2, 0) is 4.74 Å². The van der Waals surface area contributed by atoms with Crippen molar-refractivity contribution in [1.29, 1.82) is 0 Å². The number of likely N-dealkylation sites (tertiary alicyclic amines) is 2. The molecule has 274 valence electrons. The molecule has 2 saturated heterocycles. The largest absolute Gasteiger partial charge is 0.489 e. The second kappa shape index (κ2) is 20.6. The van der Waals surface area contributed by atoms with E-state index in [0.29, 0.717) is 23.5 Å². The maximum atomic E-state index is 13.7. The summed E-state index contributed by atoms with van der Waals surface area (Å²) in [6, 6.07) is 5.33. The number of fused-ring (bicyclic) bond motifs is 1. The van der Waals surface area contributed by atoms with Gasteiger partial charge in [-0.1, -0.05) is 59.8 Å². The molecule has 1 N–H and O–H groups in total. The van der Waals surface area contributed by atoms with E-state index in [2.05, 4.69) is 60.8 Å². The molecule has 0 saturated carbocycles. The third-order valence-corrected chi connectivity index (χ3v) is 9.68. The van der Waals surface area contributed by atoms with Gasteiger partial charge in [-0.2, -0.15) is 0 Å². The summed E-state index contributed by atoms with van der Waals surface area (Å²) in [5.41, 5.74) is 5.79. The number of allylic oxidation sites excluding steroid dienone is 6. The van der Waals surface area contributed by atoms with Gasteiger partial charge in [0.15, 0.2) is 0 Å². The molecule has 2 atom stereocenters. The van der Waals surface area contributed by atoms with Gasteiger partial charge in [0.1, 0.15) is 18.2 Å². The fraction of sp³-hybridized carbons (Fsp3) is 0.524. The van der Waals surface area contributed by atoms with Gasteiger partial charge in [0.05, 0.1) is 22.9 Å². The van der Waals surface area contributed by atoms with Crippen molar-refractivity contribution in [3.63, 3.8) is 0 Å². The molecule has 50 heavy (non-hydrogen) atoms. The molecule has 2 unspecified atom stereocenters. The highest BCUT2D eigenvalue weighted by atomic mass is 19.1. The van der Waals surface area contributed by atoms with Crippen molar-refractivity contribution in [2.24, 2.45) is 5.92 Å². The average molecular weight is 689 g/mol. The van der Waals surface area contributed by atoms with Gasteiger partial charge in [0.2, 0.25) is 0 Å². The van der Waals surface area contributed by atoms with Crippen molar-refractivity contribution in [3.05, 3.63) is 95.6 Å². The number of ether oxygens (including phenoxy) is 1. The molecule has 7 nitrogen and oxygen atoms in total. The van der Waals surface area contributed by atoms with Crippen LogP contribution in [0.5, 0.6) is 0 Å². The fourth-order valence-electron chi connectivity index (χ4n) is 6.95. The molecule has 0 spiro atoms. The van der Waals surface area contributed by atoms with Gasteiger partial charge in [0.25, 0.3) is 0 Å². The Hall–Kier alpha value is -4.07. The van der Waals surface area contributed by atoms with E-state index in [1.165, 1.54) is 25.3 Å². The van der Waals surface area contributed by atoms with Crippen molar-refractivity contribution in [2.75, 3.05) is 32.8 Å². The Labute approximate surface area is 300 Å². The Morgan fingerprint density at radius 2 is 1.82 bits per heavy atom. The molecule has 2 aromatic rings. The van der Waals surface area contributed by atoms with Gasteiger partial charge < -0.3 is 24.2 Å². The number of rotatable bonds is 15. The fourth-order valence-corrected chi connectivity index (χ4v) is 6.95. The van der Waals surface area contributed by atoms with Crippen LogP contribution in [0.25, 0.3) is 16.6 Å². The molecule has 2 aliphatic rings. The number of carboxylic acids is 1. The molecule has 3 heterocycles. The van der Waals surface area contributed by atoms with Crippen LogP contribution in [0.4, 0.5) is 4.39 Å². The van der Waals surface area contributed by atoms with Gasteiger partial charge in [-0.25, -0.2) is 14.2 Å². The summed E-state index contributed by atoms with van der Waals surface area (Å²) in [6.45, 7) is 23.4. The lowest BCUT2D eigenvalue weighted by Crippen LogP contribution is -2.27. The quantitative estimate of drug-likeness (QED) is 0.148. The number of halogens is 1. The number of hydrogen-bond donors (Lipinski definition) is 1. The minimum absolute atomic E-state index is 0.206. The molecule has 0 aliphatic carbocycles. The zero-order valence-corrected chi connectivity index (χ0v) is 31.7. The van der Waals surface area contributed by atoms with Crippen molar-refractivity contribution in [1.82, 2.24) is 19.4 Å². The van der Waals surface area contributed by atoms with Crippen LogP contribution in [0.1, 0.15) is 122 Å². The van der Waals surface area contributed by atoms with Gasteiger partial charge in [-0.15, -0.1) is 0 Å². The van der Waals surface area contributed by atoms with E-state index in [1.54, 1.807) is 18.2 Å². The summed E-state index contributed by atoms with van der Waals surface area (Å²) in [5, 5.41) is 9.58. The third-order valence-electron chi connectivity index (χ3n) is 9.68. The van der Waals surface area contributed by atoms with Crippen LogP contribution in [0, 0.1) is 5.92 Å².